The molecule has 42 heavy (non-hydrogen) atoms. The number of hydrogen-bond acceptors (Lipinski definition) is 5. The first-order valence-corrected chi connectivity index (χ1v) is 15.4. The van der Waals surface area contributed by atoms with Crippen molar-refractivity contribution in [3.05, 3.63) is 88.4 Å². The van der Waals surface area contributed by atoms with Gasteiger partial charge in [0, 0.05) is 24.4 Å². The molecule has 1 saturated carbocycles. The summed E-state index contributed by atoms with van der Waals surface area (Å²) in [5.74, 6) is 1.86. The lowest BCUT2D eigenvalue weighted by Crippen LogP contribution is -2.41. The van der Waals surface area contributed by atoms with Crippen molar-refractivity contribution in [2.24, 2.45) is 16.0 Å². The SMILES string of the molecule is CC(C)N1N=C(C2CCCCC2)c2cc(OCc3ccccc3)c(Cl)cc2N(c2ccc(CC3=NCCN3)cc2)C1=O. The van der Waals surface area contributed by atoms with E-state index >= 15 is 0 Å². The summed E-state index contributed by atoms with van der Waals surface area (Å²) in [6, 6.07) is 21.8. The maximum Gasteiger partial charge on any atom is 0.349 e. The van der Waals surface area contributed by atoms with Crippen molar-refractivity contribution in [2.45, 2.75) is 65.0 Å². The van der Waals surface area contributed by atoms with Crippen LogP contribution in [0.4, 0.5) is 16.2 Å². The van der Waals surface area contributed by atoms with Gasteiger partial charge in [0.2, 0.25) is 0 Å². The van der Waals surface area contributed by atoms with Gasteiger partial charge in [0.15, 0.2) is 0 Å². The molecule has 0 saturated heterocycles. The largest absolute Gasteiger partial charge is 0.487 e. The molecule has 3 aromatic rings. The highest BCUT2D eigenvalue weighted by Gasteiger charge is 2.36. The highest BCUT2D eigenvalue weighted by molar-refractivity contribution is 6.33. The van der Waals surface area contributed by atoms with E-state index in [4.69, 9.17) is 21.4 Å². The Morgan fingerprint density at radius 2 is 1.76 bits per heavy atom. The van der Waals surface area contributed by atoms with Crippen LogP contribution in [0, 0.1) is 5.92 Å². The standard InChI is InChI=1S/C34H38ClN5O2/c1-23(2)40-34(41)39(27-15-13-24(14-16-27)19-32-36-17-18-37-32)30-21-29(35)31(42-22-25-9-5-3-6-10-25)20-28(30)33(38-40)26-11-7-4-8-12-26/h3,5-6,9-10,13-16,20-21,23,26H,4,7-8,11-12,17-19,22H2,1-2H3,(H,36,37). The Labute approximate surface area is 253 Å². The molecule has 2 amide bonds. The van der Waals surface area contributed by atoms with E-state index in [1.807, 2.05) is 68.4 Å². The minimum atomic E-state index is -0.194. The van der Waals surface area contributed by atoms with Crippen LogP contribution in [0.5, 0.6) is 5.75 Å². The summed E-state index contributed by atoms with van der Waals surface area (Å²) in [6.45, 7) is 6.12. The van der Waals surface area contributed by atoms with Crippen LogP contribution in [0.15, 0.2) is 76.8 Å². The number of urea groups is 1. The molecule has 0 aromatic heterocycles. The fourth-order valence-corrected chi connectivity index (χ4v) is 6.19. The molecule has 0 radical (unpaired) electrons. The van der Waals surface area contributed by atoms with Gasteiger partial charge in [-0.05, 0) is 62.1 Å². The minimum absolute atomic E-state index is 0.122. The zero-order valence-corrected chi connectivity index (χ0v) is 25.1. The van der Waals surface area contributed by atoms with Crippen molar-refractivity contribution in [1.82, 2.24) is 10.3 Å². The Balaban J connectivity index is 1.43. The third-order valence-electron chi connectivity index (χ3n) is 8.20. The number of carbonyl (C=O) groups is 1. The predicted molar refractivity (Wildman–Crippen MR) is 170 cm³/mol. The number of nitrogens with zero attached hydrogens (tertiary/aromatic N) is 4. The van der Waals surface area contributed by atoms with E-state index < -0.39 is 0 Å². The average molecular weight is 584 g/mol. The molecule has 1 N–H and O–H groups in total. The summed E-state index contributed by atoms with van der Waals surface area (Å²) in [5, 5.41) is 10.5. The predicted octanol–water partition coefficient (Wildman–Crippen LogP) is 7.73. The van der Waals surface area contributed by atoms with Gasteiger partial charge < -0.3 is 10.1 Å². The van der Waals surface area contributed by atoms with Crippen molar-refractivity contribution in [2.75, 3.05) is 18.0 Å². The number of amidine groups is 1. The van der Waals surface area contributed by atoms with E-state index in [-0.39, 0.29) is 18.0 Å². The molecule has 8 heteroatoms. The smallest absolute Gasteiger partial charge is 0.349 e. The number of hydrogen-bond donors (Lipinski definition) is 1. The van der Waals surface area contributed by atoms with Gasteiger partial charge in [-0.15, -0.1) is 0 Å². The first-order chi connectivity index (χ1) is 20.5. The van der Waals surface area contributed by atoms with Gasteiger partial charge in [-0.3, -0.25) is 9.89 Å². The number of hydrazone groups is 1. The minimum Gasteiger partial charge on any atom is -0.487 e. The number of anilines is 2. The molecule has 3 aromatic carbocycles. The van der Waals surface area contributed by atoms with E-state index in [0.717, 1.165) is 84.8 Å². The molecule has 2 aliphatic heterocycles. The summed E-state index contributed by atoms with van der Waals surface area (Å²) >= 11 is 6.90. The monoisotopic (exact) mass is 583 g/mol. The molecule has 0 unspecified atom stereocenters. The molecule has 0 atom stereocenters. The number of carbonyl (C=O) groups excluding carboxylic acids is 1. The lowest BCUT2D eigenvalue weighted by Gasteiger charge is -2.29. The molecule has 6 rings (SSSR count). The Bertz CT molecular complexity index is 1480. The van der Waals surface area contributed by atoms with E-state index in [1.165, 1.54) is 6.42 Å². The molecule has 1 fully saturated rings. The molecule has 1 aliphatic carbocycles. The number of nitrogens with one attached hydrogen (secondary N) is 1. The van der Waals surface area contributed by atoms with Gasteiger partial charge in [-0.2, -0.15) is 5.10 Å². The van der Waals surface area contributed by atoms with Crippen molar-refractivity contribution in [3.8, 4) is 5.75 Å². The summed E-state index contributed by atoms with van der Waals surface area (Å²) in [7, 11) is 0. The number of amides is 2. The molecule has 218 valence electrons. The summed E-state index contributed by atoms with van der Waals surface area (Å²) in [5.41, 5.74) is 5.55. The Morgan fingerprint density at radius 3 is 2.45 bits per heavy atom. The molecule has 2 heterocycles. The maximum absolute atomic E-state index is 14.3. The van der Waals surface area contributed by atoms with Crippen molar-refractivity contribution >= 4 is 40.6 Å². The third kappa shape index (κ3) is 6.02. The van der Waals surface area contributed by atoms with E-state index in [9.17, 15) is 4.79 Å². The molecular formula is C34H38ClN5O2. The number of aliphatic imine (C=N–C) groups is 1. The first-order valence-electron chi connectivity index (χ1n) is 15.1. The zero-order valence-electron chi connectivity index (χ0n) is 24.4. The van der Waals surface area contributed by atoms with Crippen LogP contribution in [-0.4, -0.2) is 41.7 Å². The van der Waals surface area contributed by atoms with E-state index in [2.05, 4.69) is 22.4 Å². The molecule has 0 spiro atoms. The highest BCUT2D eigenvalue weighted by atomic mass is 35.5. The summed E-state index contributed by atoms with van der Waals surface area (Å²) in [4.78, 5) is 20.6. The topological polar surface area (TPSA) is 69.5 Å². The van der Waals surface area contributed by atoms with Crippen LogP contribution < -0.4 is 15.0 Å². The second-order valence-electron chi connectivity index (χ2n) is 11.5. The fourth-order valence-electron chi connectivity index (χ4n) is 5.98. The Hall–Kier alpha value is -3.84. The van der Waals surface area contributed by atoms with Crippen LogP contribution in [0.1, 0.15) is 62.6 Å². The zero-order chi connectivity index (χ0) is 29.1. The summed E-state index contributed by atoms with van der Waals surface area (Å²) < 4.78 is 6.27. The average Bonchev–Trinajstić information content (AvgIpc) is 3.48. The fraction of sp³-hybridized carbons (Fsp3) is 0.382. The first kappa shape index (κ1) is 28.3. The molecule has 3 aliphatic rings. The number of halogens is 1. The number of rotatable bonds is 8. The number of benzene rings is 3. The van der Waals surface area contributed by atoms with Gasteiger partial charge >= 0.3 is 6.03 Å². The normalized spacial score (nSPS) is 17.5. The van der Waals surface area contributed by atoms with Crippen LogP contribution in [-0.2, 0) is 13.0 Å². The van der Waals surface area contributed by atoms with Crippen LogP contribution >= 0.6 is 11.6 Å². The lowest BCUT2D eigenvalue weighted by molar-refractivity contribution is 0.195. The van der Waals surface area contributed by atoms with Gasteiger partial charge in [0.25, 0.3) is 0 Å². The van der Waals surface area contributed by atoms with E-state index in [0.29, 0.717) is 17.4 Å². The Morgan fingerprint density at radius 1 is 1.00 bits per heavy atom. The van der Waals surface area contributed by atoms with Crippen LogP contribution in [0.2, 0.25) is 5.02 Å². The lowest BCUT2D eigenvalue weighted by atomic mass is 9.82. The van der Waals surface area contributed by atoms with Gasteiger partial charge in [0.05, 0.1) is 34.7 Å². The van der Waals surface area contributed by atoms with Crippen LogP contribution in [0.3, 0.4) is 0 Å². The highest BCUT2D eigenvalue weighted by Crippen LogP contribution is 2.42. The van der Waals surface area contributed by atoms with Crippen molar-refractivity contribution in [3.63, 3.8) is 0 Å². The van der Waals surface area contributed by atoms with Crippen LogP contribution in [0.25, 0.3) is 0 Å². The second-order valence-corrected chi connectivity index (χ2v) is 12.0. The van der Waals surface area contributed by atoms with Gasteiger partial charge in [-0.1, -0.05) is 73.3 Å². The summed E-state index contributed by atoms with van der Waals surface area (Å²) in [6.07, 6.45) is 6.39. The van der Waals surface area contributed by atoms with E-state index in [1.54, 1.807) is 9.91 Å². The third-order valence-corrected chi connectivity index (χ3v) is 8.49. The maximum atomic E-state index is 14.3. The van der Waals surface area contributed by atoms with Crippen molar-refractivity contribution < 1.29 is 9.53 Å². The number of fused-ring (bicyclic) bond motifs is 1. The Kier molecular flexibility index (Phi) is 8.47. The number of ether oxygens (including phenoxy) is 1. The van der Waals surface area contributed by atoms with Gasteiger partial charge in [-0.25, -0.2) is 9.80 Å². The quantitative estimate of drug-likeness (QED) is 0.295. The molecule has 0 bridgehead atoms. The molecule has 7 nitrogen and oxygen atoms in total. The van der Waals surface area contributed by atoms with Gasteiger partial charge in [0.1, 0.15) is 18.2 Å². The van der Waals surface area contributed by atoms with Crippen molar-refractivity contribution in [1.29, 1.82) is 0 Å². The second kappa shape index (κ2) is 12.6. The molecular weight excluding hydrogens is 546 g/mol.